The van der Waals surface area contributed by atoms with Gasteiger partial charge in [-0.2, -0.15) is 0 Å². The predicted molar refractivity (Wildman–Crippen MR) is 119 cm³/mol. The molecule has 1 aliphatic rings. The van der Waals surface area contributed by atoms with Crippen LogP contribution in [0.25, 0.3) is 0 Å². The molecule has 1 aromatic heterocycles. The van der Waals surface area contributed by atoms with Crippen LogP contribution in [0.3, 0.4) is 0 Å². The maximum atomic E-state index is 13.0. The van der Waals surface area contributed by atoms with Crippen LogP contribution in [-0.2, 0) is 29.3 Å². The van der Waals surface area contributed by atoms with E-state index in [1.165, 1.54) is 6.26 Å². The molecule has 0 atom stereocenters. The highest BCUT2D eigenvalue weighted by atomic mass is 32.2. The molecular weight excluding hydrogens is 410 g/mol. The molecule has 4 rings (SSSR count). The number of nitrogens with zero attached hydrogens (tertiary/aromatic N) is 3. The van der Waals surface area contributed by atoms with Crippen LogP contribution in [0.15, 0.2) is 70.6 Å². The zero-order chi connectivity index (χ0) is 21.8. The fourth-order valence-corrected chi connectivity index (χ4v) is 4.20. The largest absolute Gasteiger partial charge is 0.294 e. The molecule has 0 radical (unpaired) electrons. The molecule has 0 fully saturated rings. The maximum absolute atomic E-state index is 13.0. The number of aromatic nitrogens is 2. The van der Waals surface area contributed by atoms with Crippen LogP contribution < -0.4 is 5.56 Å². The Bertz CT molecular complexity index is 1300. The van der Waals surface area contributed by atoms with Crippen LogP contribution >= 0.6 is 0 Å². The van der Waals surface area contributed by atoms with Gasteiger partial charge in [-0.3, -0.25) is 14.3 Å². The molecule has 2 heterocycles. The summed E-state index contributed by atoms with van der Waals surface area (Å²) in [4.78, 5) is 20.0. The lowest BCUT2D eigenvalue weighted by Gasteiger charge is -2.26. The molecule has 0 spiro atoms. The van der Waals surface area contributed by atoms with Gasteiger partial charge in [-0.05, 0) is 29.8 Å². The summed E-state index contributed by atoms with van der Waals surface area (Å²) in [6.07, 6.45) is 3.48. The van der Waals surface area contributed by atoms with E-state index in [0.717, 1.165) is 29.8 Å². The Morgan fingerprint density at radius 1 is 1.06 bits per heavy atom. The summed E-state index contributed by atoms with van der Waals surface area (Å²) in [6, 6.07) is 16.4. The van der Waals surface area contributed by atoms with Gasteiger partial charge in [-0.1, -0.05) is 42.2 Å². The summed E-state index contributed by atoms with van der Waals surface area (Å²) in [6.45, 7) is 2.28. The number of fused-ring (bicyclic) bond motifs is 1. The van der Waals surface area contributed by atoms with E-state index in [1.807, 2.05) is 30.3 Å². The Hall–Kier alpha value is -3.21. The molecule has 7 heteroatoms. The first kappa shape index (κ1) is 21.0. The number of benzene rings is 2. The fourth-order valence-electron chi connectivity index (χ4n) is 3.57. The van der Waals surface area contributed by atoms with Crippen molar-refractivity contribution in [2.75, 3.05) is 19.3 Å². The minimum atomic E-state index is -3.24. The molecule has 0 aliphatic carbocycles. The topological polar surface area (TPSA) is 72.3 Å². The van der Waals surface area contributed by atoms with E-state index in [9.17, 15) is 13.2 Å². The van der Waals surface area contributed by atoms with Crippen molar-refractivity contribution in [1.82, 2.24) is 14.5 Å². The van der Waals surface area contributed by atoms with E-state index in [4.69, 9.17) is 0 Å². The third-order valence-corrected chi connectivity index (χ3v) is 6.41. The average molecular weight is 434 g/mol. The summed E-state index contributed by atoms with van der Waals surface area (Å²) >= 11 is 0. The lowest BCUT2D eigenvalue weighted by Crippen LogP contribution is -2.38. The van der Waals surface area contributed by atoms with Crippen molar-refractivity contribution < 1.29 is 8.42 Å². The molecule has 31 heavy (non-hydrogen) atoms. The molecule has 1 aliphatic heterocycles. The van der Waals surface area contributed by atoms with E-state index in [-0.39, 0.29) is 10.5 Å². The third kappa shape index (κ3) is 5.10. The molecule has 0 N–H and O–H groups in total. The Labute approximate surface area is 182 Å². The van der Waals surface area contributed by atoms with Gasteiger partial charge >= 0.3 is 0 Å². The van der Waals surface area contributed by atoms with Gasteiger partial charge in [0.2, 0.25) is 0 Å². The first-order valence-electron chi connectivity index (χ1n) is 10.0. The number of sulfone groups is 1. The molecule has 2 aromatic carbocycles. The first-order chi connectivity index (χ1) is 14.9. The second-order valence-electron chi connectivity index (χ2n) is 7.65. The van der Waals surface area contributed by atoms with Gasteiger partial charge in [0, 0.05) is 31.3 Å². The normalized spacial score (nSPS) is 13.8. The third-order valence-electron chi connectivity index (χ3n) is 5.28. The van der Waals surface area contributed by atoms with Crippen molar-refractivity contribution in [2.45, 2.75) is 24.4 Å². The van der Waals surface area contributed by atoms with E-state index >= 15 is 0 Å². The van der Waals surface area contributed by atoms with Crippen LogP contribution in [0, 0.1) is 11.8 Å². The highest BCUT2D eigenvalue weighted by Crippen LogP contribution is 2.14. The second kappa shape index (κ2) is 8.88. The van der Waals surface area contributed by atoms with E-state index in [2.05, 4.69) is 21.7 Å². The monoisotopic (exact) mass is 433 g/mol. The van der Waals surface area contributed by atoms with Crippen molar-refractivity contribution in [3.63, 3.8) is 0 Å². The zero-order valence-electron chi connectivity index (χ0n) is 17.3. The molecular formula is C24H23N3O3S. The Morgan fingerprint density at radius 2 is 1.81 bits per heavy atom. The Morgan fingerprint density at radius 3 is 2.52 bits per heavy atom. The van der Waals surface area contributed by atoms with Crippen LogP contribution in [0.2, 0.25) is 0 Å². The Kier molecular flexibility index (Phi) is 6.03. The minimum absolute atomic E-state index is 0.0575. The van der Waals surface area contributed by atoms with E-state index < -0.39 is 9.84 Å². The SMILES string of the molecule is CS(=O)(=O)c1ccc(Cn2cnc3c(c2=O)CN(CC#Cc2ccccc2)CC3)cc1. The lowest BCUT2D eigenvalue weighted by atomic mass is 10.1. The molecule has 0 unspecified atom stereocenters. The standard InChI is InChI=1S/C24H23N3O3S/c1-31(29,30)21-11-9-20(10-12-21)16-27-18-25-23-13-15-26(17-22(23)24(27)28)14-5-8-19-6-3-2-4-7-19/h2-4,6-7,9-12,18H,13-17H2,1H3. The molecule has 0 saturated heterocycles. The van der Waals surface area contributed by atoms with Crippen molar-refractivity contribution in [3.05, 3.63) is 93.7 Å². The highest BCUT2D eigenvalue weighted by Gasteiger charge is 2.20. The van der Waals surface area contributed by atoms with Crippen LogP contribution in [0.1, 0.15) is 22.4 Å². The molecule has 6 nitrogen and oxygen atoms in total. The molecule has 0 saturated carbocycles. The highest BCUT2D eigenvalue weighted by molar-refractivity contribution is 7.90. The van der Waals surface area contributed by atoms with Crippen LogP contribution in [0.4, 0.5) is 0 Å². The van der Waals surface area contributed by atoms with Crippen molar-refractivity contribution in [1.29, 1.82) is 0 Å². The molecule has 158 valence electrons. The minimum Gasteiger partial charge on any atom is -0.294 e. The van der Waals surface area contributed by atoms with Gasteiger partial charge in [0.05, 0.1) is 35.6 Å². The van der Waals surface area contributed by atoms with Crippen molar-refractivity contribution >= 4 is 9.84 Å². The Balaban J connectivity index is 1.48. The fraction of sp³-hybridized carbons (Fsp3) is 0.250. The molecule has 0 amide bonds. The van der Waals surface area contributed by atoms with E-state index in [1.54, 1.807) is 35.2 Å². The van der Waals surface area contributed by atoms with Crippen molar-refractivity contribution in [2.24, 2.45) is 0 Å². The summed E-state index contributed by atoms with van der Waals surface area (Å²) in [5.41, 5.74) is 3.32. The summed E-state index contributed by atoms with van der Waals surface area (Å²) in [5, 5.41) is 0. The summed E-state index contributed by atoms with van der Waals surface area (Å²) < 4.78 is 24.8. The van der Waals surface area contributed by atoms with Gasteiger partial charge < -0.3 is 0 Å². The summed E-state index contributed by atoms with van der Waals surface area (Å²) in [5.74, 6) is 6.35. The van der Waals surface area contributed by atoms with Gasteiger partial charge in [0.1, 0.15) is 0 Å². The summed E-state index contributed by atoms with van der Waals surface area (Å²) in [7, 11) is -3.24. The molecule has 0 bridgehead atoms. The number of hydrogen-bond donors (Lipinski definition) is 0. The van der Waals surface area contributed by atoms with Crippen LogP contribution in [-0.4, -0.2) is 42.2 Å². The first-order valence-corrected chi connectivity index (χ1v) is 11.9. The number of rotatable bonds is 4. The van der Waals surface area contributed by atoms with Gasteiger partial charge in [0.25, 0.3) is 5.56 Å². The quantitative estimate of drug-likeness (QED) is 0.590. The molecule has 3 aromatic rings. The predicted octanol–water partition coefficient (Wildman–Crippen LogP) is 2.10. The smallest absolute Gasteiger partial charge is 0.258 e. The maximum Gasteiger partial charge on any atom is 0.258 e. The average Bonchev–Trinajstić information content (AvgIpc) is 2.76. The second-order valence-corrected chi connectivity index (χ2v) is 9.66. The van der Waals surface area contributed by atoms with Gasteiger partial charge in [0.15, 0.2) is 9.84 Å². The van der Waals surface area contributed by atoms with E-state index in [0.29, 0.717) is 25.2 Å². The van der Waals surface area contributed by atoms with Gasteiger partial charge in [-0.15, -0.1) is 0 Å². The van der Waals surface area contributed by atoms with Gasteiger partial charge in [-0.25, -0.2) is 13.4 Å². The van der Waals surface area contributed by atoms with Crippen LogP contribution in [0.5, 0.6) is 0 Å². The zero-order valence-corrected chi connectivity index (χ0v) is 18.1. The number of hydrogen-bond acceptors (Lipinski definition) is 5. The lowest BCUT2D eigenvalue weighted by molar-refractivity contribution is 0.280. The van der Waals surface area contributed by atoms with Crippen molar-refractivity contribution in [3.8, 4) is 11.8 Å².